The van der Waals surface area contributed by atoms with E-state index in [2.05, 4.69) is 0 Å². The van der Waals surface area contributed by atoms with Crippen LogP contribution in [0.25, 0.3) is 0 Å². The lowest BCUT2D eigenvalue weighted by Gasteiger charge is -2.51. The van der Waals surface area contributed by atoms with E-state index in [1.54, 1.807) is 0 Å². The van der Waals surface area contributed by atoms with Crippen molar-refractivity contribution < 1.29 is 84.2 Å². The van der Waals surface area contributed by atoms with Crippen LogP contribution in [-0.4, -0.2) is 58.3 Å². The average Bonchev–Trinajstić information content (AvgIpc) is 2.32. The lowest BCUT2D eigenvalue weighted by Crippen LogP contribution is -2.86. The highest BCUT2D eigenvalue weighted by atomic mass is 19.4. The van der Waals surface area contributed by atoms with Crippen LogP contribution in [0.3, 0.4) is 0 Å². The van der Waals surface area contributed by atoms with Gasteiger partial charge in [-0.25, -0.2) is 0 Å². The van der Waals surface area contributed by atoms with Gasteiger partial charge in [-0.1, -0.05) is 0 Å². The molecule has 0 rings (SSSR count). The number of hydrogen-bond acceptors (Lipinski definition) is 2. The molecular formula is C8HF18NO. The van der Waals surface area contributed by atoms with Crippen LogP contribution in [-0.2, 0) is 0 Å². The first-order valence-electron chi connectivity index (χ1n) is 5.55. The maximum Gasteiger partial charge on any atom is 0.455 e. The summed E-state index contributed by atoms with van der Waals surface area (Å²) in [4.78, 5) is 0. The Morgan fingerprint density at radius 3 is 0.714 bits per heavy atom. The summed E-state index contributed by atoms with van der Waals surface area (Å²) in [5.41, 5.74) is -9.12. The van der Waals surface area contributed by atoms with E-state index in [1.165, 1.54) is 0 Å². The molecule has 0 amide bonds. The topological polar surface area (TPSA) is 23.5 Å². The van der Waals surface area contributed by atoms with Gasteiger partial charge in [0.25, 0.3) is 5.54 Å². The fraction of sp³-hybridized carbons (Fsp3) is 1.00. The zero-order valence-electron chi connectivity index (χ0n) is 11.7. The monoisotopic (exact) mass is 469 g/mol. The van der Waals surface area contributed by atoms with E-state index in [0.29, 0.717) is 0 Å². The fourth-order valence-electron chi connectivity index (χ4n) is 1.78. The summed E-state index contributed by atoms with van der Waals surface area (Å²) < 4.78 is 228. The predicted molar refractivity (Wildman–Crippen MR) is 45.8 cm³/mol. The molecule has 0 saturated carbocycles. The van der Waals surface area contributed by atoms with Crippen molar-refractivity contribution in [1.29, 1.82) is 0 Å². The Labute approximate surface area is 139 Å². The van der Waals surface area contributed by atoms with Crippen LogP contribution in [0.5, 0.6) is 0 Å². The standard InChI is InChI=1S/C8HF18NO/c9-2(10,5(15,16)17)1(27(26)8(24,25)28,3(11,12)6(18,19)20)4(13,14)7(21,22)23/h28H. The van der Waals surface area contributed by atoms with Gasteiger partial charge in [0.05, 0.1) is 0 Å². The molecule has 0 unspecified atom stereocenters. The number of alkyl halides is 17. The van der Waals surface area contributed by atoms with Gasteiger partial charge in [-0.15, -0.1) is 4.48 Å². The van der Waals surface area contributed by atoms with Crippen LogP contribution in [0.2, 0.25) is 0 Å². The van der Waals surface area contributed by atoms with Crippen LogP contribution in [0.15, 0.2) is 0 Å². The minimum atomic E-state index is -9.12. The summed E-state index contributed by atoms with van der Waals surface area (Å²) in [6.07, 6.45) is -32.6. The predicted octanol–water partition coefficient (Wildman–Crippen LogP) is 5.05. The van der Waals surface area contributed by atoms with Crippen molar-refractivity contribution in [2.75, 3.05) is 0 Å². The minimum Gasteiger partial charge on any atom is -0.321 e. The number of aliphatic hydroxyl groups is 1. The Hall–Kier alpha value is -1.34. The van der Waals surface area contributed by atoms with E-state index in [-0.39, 0.29) is 0 Å². The van der Waals surface area contributed by atoms with E-state index < -0.39 is 53.2 Å². The molecule has 0 aromatic heterocycles. The summed E-state index contributed by atoms with van der Waals surface area (Å²) in [6, 6.07) is 0. The molecule has 0 aliphatic rings. The molecule has 28 heavy (non-hydrogen) atoms. The van der Waals surface area contributed by atoms with E-state index in [1.807, 2.05) is 0 Å². The summed E-state index contributed by atoms with van der Waals surface area (Å²) >= 11 is 0. The molecular weight excluding hydrogens is 468 g/mol. The van der Waals surface area contributed by atoms with Gasteiger partial charge in [0.1, 0.15) is 0 Å². The van der Waals surface area contributed by atoms with Crippen molar-refractivity contribution in [2.24, 2.45) is 0 Å². The summed E-state index contributed by atoms with van der Waals surface area (Å²) in [5.74, 6) is -26.8. The van der Waals surface area contributed by atoms with Gasteiger partial charge >= 0.3 is 42.5 Å². The molecule has 0 radical (unpaired) electrons. The van der Waals surface area contributed by atoms with Gasteiger partial charge in [0.2, 0.25) is 0 Å². The molecule has 0 saturated heterocycles. The Kier molecular flexibility index (Phi) is 6.02. The third kappa shape index (κ3) is 3.30. The van der Waals surface area contributed by atoms with Crippen LogP contribution in [0.1, 0.15) is 0 Å². The van der Waals surface area contributed by atoms with E-state index in [9.17, 15) is 79.1 Å². The number of halogens is 18. The molecule has 0 fully saturated rings. The molecule has 0 aliphatic heterocycles. The first-order chi connectivity index (χ1) is 11.7. The third-order valence-electron chi connectivity index (χ3n) is 2.96. The van der Waals surface area contributed by atoms with Crippen LogP contribution in [0, 0.1) is 0 Å². The highest BCUT2D eigenvalue weighted by molar-refractivity contribution is 5.23. The largest absolute Gasteiger partial charge is 0.455 e. The summed E-state index contributed by atoms with van der Waals surface area (Å²) in [5, 5.41) is 2.70. The van der Waals surface area contributed by atoms with E-state index in [0.717, 1.165) is 0 Å². The molecule has 20 heteroatoms. The Morgan fingerprint density at radius 2 is 0.607 bits per heavy atom. The van der Waals surface area contributed by atoms with Gasteiger partial charge in [-0.3, -0.25) is 0 Å². The Morgan fingerprint density at radius 1 is 0.429 bits per heavy atom. The Bertz CT molecular complexity index is 498. The summed E-state index contributed by atoms with van der Waals surface area (Å²) in [6.45, 7) is 0. The van der Waals surface area contributed by atoms with E-state index >= 15 is 0 Å². The van der Waals surface area contributed by atoms with Crippen LogP contribution < -0.4 is 0 Å². The fourth-order valence-corrected chi connectivity index (χ4v) is 1.78. The second kappa shape index (κ2) is 6.33. The molecule has 0 aromatic carbocycles. The lowest BCUT2D eigenvalue weighted by atomic mass is 9.76. The zero-order chi connectivity index (χ0) is 23.6. The van der Waals surface area contributed by atoms with Crippen molar-refractivity contribution in [2.45, 2.75) is 48.1 Å². The molecule has 0 bridgehead atoms. The molecule has 1 N–H and O–H groups in total. The number of hydrogen-bond donors (Lipinski definition) is 1. The van der Waals surface area contributed by atoms with Gasteiger partial charge < -0.3 is 5.11 Å². The Balaban J connectivity index is 7.95. The molecule has 0 heterocycles. The van der Waals surface area contributed by atoms with Crippen molar-refractivity contribution in [3.8, 4) is 0 Å². The van der Waals surface area contributed by atoms with Crippen molar-refractivity contribution >= 4 is 0 Å². The maximum atomic E-state index is 13.3. The zero-order valence-corrected chi connectivity index (χ0v) is 11.7. The van der Waals surface area contributed by atoms with Gasteiger partial charge in [-0.2, -0.15) is 74.6 Å². The minimum absolute atomic E-state index is 4.92. The quantitative estimate of drug-likeness (QED) is 0.264. The van der Waals surface area contributed by atoms with Gasteiger partial charge in [-0.05, 0) is 5.12 Å². The smallest absolute Gasteiger partial charge is 0.321 e. The van der Waals surface area contributed by atoms with Gasteiger partial charge in [0, 0.05) is 0 Å². The lowest BCUT2D eigenvalue weighted by molar-refractivity contribution is -0.527. The molecule has 0 spiro atoms. The van der Waals surface area contributed by atoms with Crippen molar-refractivity contribution in [3.05, 3.63) is 0 Å². The van der Waals surface area contributed by atoms with Crippen LogP contribution in [0.4, 0.5) is 79.1 Å². The maximum absolute atomic E-state index is 13.3. The number of rotatable bonds is 5. The molecule has 170 valence electrons. The van der Waals surface area contributed by atoms with Crippen LogP contribution >= 0.6 is 0 Å². The normalized spacial score (nSPS) is 16.7. The first kappa shape index (κ1) is 26.7. The molecule has 2 nitrogen and oxygen atoms in total. The van der Waals surface area contributed by atoms with Gasteiger partial charge in [0.15, 0.2) is 0 Å². The molecule has 0 atom stereocenters. The summed E-state index contributed by atoms with van der Waals surface area (Å²) in [7, 11) is 0. The molecule has 0 aliphatic carbocycles. The third-order valence-corrected chi connectivity index (χ3v) is 2.96. The first-order valence-corrected chi connectivity index (χ1v) is 5.55. The second-order valence-electron chi connectivity index (χ2n) is 4.72. The second-order valence-corrected chi connectivity index (χ2v) is 4.72. The number of nitrogens with zero attached hydrogens (tertiary/aromatic N) is 1. The molecule has 0 aromatic rings. The average molecular weight is 469 g/mol. The van der Waals surface area contributed by atoms with E-state index in [4.69, 9.17) is 5.11 Å². The highest BCUT2D eigenvalue weighted by Gasteiger charge is 3.00. The van der Waals surface area contributed by atoms with Crippen molar-refractivity contribution in [3.63, 3.8) is 0 Å². The SMILES string of the molecule is OC(F)(F)N(F)C(C(F)(F)C(F)(F)F)(C(F)(F)C(F)(F)F)C(F)(F)C(F)(F)F. The highest BCUT2D eigenvalue weighted by Crippen LogP contribution is 2.66. The van der Waals surface area contributed by atoms with Crippen molar-refractivity contribution in [1.82, 2.24) is 5.12 Å².